The number of anilines is 1. The van der Waals surface area contributed by atoms with E-state index in [1.807, 2.05) is 4.90 Å². The van der Waals surface area contributed by atoms with Gasteiger partial charge in [-0.2, -0.15) is 0 Å². The zero-order chi connectivity index (χ0) is 14.5. The molecular formula is C14H18BrN3O2. The summed E-state index contributed by atoms with van der Waals surface area (Å²) in [5.41, 5.74) is 6.75. The van der Waals surface area contributed by atoms with Crippen molar-refractivity contribution in [3.05, 3.63) is 28.2 Å². The molecule has 2 rings (SSSR count). The Balaban J connectivity index is 1.79. The number of carbonyl (C=O) groups excluding carboxylic acids is 2. The minimum absolute atomic E-state index is 0.109. The van der Waals surface area contributed by atoms with E-state index in [0.717, 1.165) is 30.4 Å². The lowest BCUT2D eigenvalue weighted by atomic mass is 10.2. The van der Waals surface area contributed by atoms with E-state index in [1.54, 1.807) is 18.2 Å². The predicted molar refractivity (Wildman–Crippen MR) is 81.3 cm³/mol. The lowest BCUT2D eigenvalue weighted by Gasteiger charge is -2.15. The van der Waals surface area contributed by atoms with Crippen LogP contribution in [0.15, 0.2) is 22.7 Å². The molecule has 1 heterocycles. The zero-order valence-corrected chi connectivity index (χ0v) is 12.8. The maximum Gasteiger partial charge on any atom is 0.251 e. The first kappa shape index (κ1) is 14.8. The summed E-state index contributed by atoms with van der Waals surface area (Å²) in [6, 6.07) is 5.04. The number of nitrogens with one attached hydrogen (secondary N) is 1. The van der Waals surface area contributed by atoms with Gasteiger partial charge in [0, 0.05) is 41.8 Å². The Labute approximate surface area is 126 Å². The van der Waals surface area contributed by atoms with E-state index in [0.29, 0.717) is 24.2 Å². The molecule has 0 radical (unpaired) electrons. The second kappa shape index (κ2) is 6.74. The van der Waals surface area contributed by atoms with Crippen LogP contribution in [-0.2, 0) is 4.79 Å². The summed E-state index contributed by atoms with van der Waals surface area (Å²) < 4.78 is 0.762. The standard InChI is InChI=1S/C14H18BrN3O2/c15-11-4-3-10(9-12(11)16)14(20)17-6-5-13(19)18-7-1-2-8-18/h3-4,9H,1-2,5-8,16H2,(H,17,20). The zero-order valence-electron chi connectivity index (χ0n) is 11.2. The Morgan fingerprint density at radius 3 is 2.65 bits per heavy atom. The summed E-state index contributed by atoms with van der Waals surface area (Å²) in [4.78, 5) is 25.6. The van der Waals surface area contributed by atoms with Crippen molar-refractivity contribution in [3.8, 4) is 0 Å². The van der Waals surface area contributed by atoms with Crippen LogP contribution in [0.5, 0.6) is 0 Å². The van der Waals surface area contributed by atoms with Crippen molar-refractivity contribution in [2.75, 3.05) is 25.4 Å². The van der Waals surface area contributed by atoms with Crippen molar-refractivity contribution < 1.29 is 9.59 Å². The Hall–Kier alpha value is -1.56. The monoisotopic (exact) mass is 339 g/mol. The van der Waals surface area contributed by atoms with Crippen LogP contribution in [0.2, 0.25) is 0 Å². The third-order valence-corrected chi connectivity index (χ3v) is 4.06. The highest BCUT2D eigenvalue weighted by atomic mass is 79.9. The first-order chi connectivity index (χ1) is 9.58. The molecule has 0 atom stereocenters. The van der Waals surface area contributed by atoms with Gasteiger partial charge < -0.3 is 16.0 Å². The van der Waals surface area contributed by atoms with E-state index in [-0.39, 0.29) is 11.8 Å². The first-order valence-electron chi connectivity index (χ1n) is 6.69. The molecule has 0 unspecified atom stereocenters. The van der Waals surface area contributed by atoms with E-state index in [4.69, 9.17) is 5.73 Å². The van der Waals surface area contributed by atoms with Crippen LogP contribution in [0.4, 0.5) is 5.69 Å². The summed E-state index contributed by atoms with van der Waals surface area (Å²) in [7, 11) is 0. The number of halogens is 1. The smallest absolute Gasteiger partial charge is 0.251 e. The fourth-order valence-electron chi connectivity index (χ4n) is 2.19. The summed E-state index contributed by atoms with van der Waals surface area (Å²) in [5, 5.41) is 2.74. The Morgan fingerprint density at radius 1 is 1.30 bits per heavy atom. The molecule has 0 aromatic heterocycles. The minimum atomic E-state index is -0.210. The molecular weight excluding hydrogens is 322 g/mol. The van der Waals surface area contributed by atoms with E-state index in [9.17, 15) is 9.59 Å². The number of likely N-dealkylation sites (tertiary alicyclic amines) is 1. The third-order valence-electron chi connectivity index (χ3n) is 3.34. The number of rotatable bonds is 4. The van der Waals surface area contributed by atoms with E-state index in [1.165, 1.54) is 0 Å². The molecule has 1 aromatic carbocycles. The van der Waals surface area contributed by atoms with Crippen LogP contribution in [0.25, 0.3) is 0 Å². The second-order valence-corrected chi connectivity index (χ2v) is 5.68. The average Bonchev–Trinajstić information content (AvgIpc) is 2.95. The predicted octanol–water partition coefficient (Wildman–Crippen LogP) is 1.77. The van der Waals surface area contributed by atoms with Crippen molar-refractivity contribution in [3.63, 3.8) is 0 Å². The number of nitrogen functional groups attached to an aromatic ring is 1. The van der Waals surface area contributed by atoms with Crippen LogP contribution in [0.1, 0.15) is 29.6 Å². The molecule has 0 bridgehead atoms. The lowest BCUT2D eigenvalue weighted by molar-refractivity contribution is -0.129. The molecule has 2 amide bonds. The van der Waals surface area contributed by atoms with Gasteiger partial charge in [-0.15, -0.1) is 0 Å². The molecule has 20 heavy (non-hydrogen) atoms. The molecule has 1 fully saturated rings. The Kier molecular flexibility index (Phi) is 5.00. The van der Waals surface area contributed by atoms with Crippen molar-refractivity contribution in [1.29, 1.82) is 0 Å². The Bertz CT molecular complexity index is 513. The van der Waals surface area contributed by atoms with Crippen molar-refractivity contribution >= 4 is 33.4 Å². The fraction of sp³-hybridized carbons (Fsp3) is 0.429. The number of carbonyl (C=O) groups is 2. The van der Waals surface area contributed by atoms with Gasteiger partial charge in [-0.25, -0.2) is 0 Å². The topological polar surface area (TPSA) is 75.4 Å². The molecule has 1 saturated heterocycles. The molecule has 1 aliphatic heterocycles. The van der Waals surface area contributed by atoms with Gasteiger partial charge in [-0.3, -0.25) is 9.59 Å². The van der Waals surface area contributed by atoms with Gasteiger partial charge in [0.25, 0.3) is 5.91 Å². The lowest BCUT2D eigenvalue weighted by Crippen LogP contribution is -2.32. The highest BCUT2D eigenvalue weighted by Gasteiger charge is 2.17. The van der Waals surface area contributed by atoms with Crippen LogP contribution in [0, 0.1) is 0 Å². The van der Waals surface area contributed by atoms with Crippen LogP contribution >= 0.6 is 15.9 Å². The molecule has 3 N–H and O–H groups in total. The largest absolute Gasteiger partial charge is 0.398 e. The van der Waals surface area contributed by atoms with Crippen molar-refractivity contribution in [2.24, 2.45) is 0 Å². The fourth-order valence-corrected chi connectivity index (χ4v) is 2.44. The number of hydrogen-bond acceptors (Lipinski definition) is 3. The molecule has 0 aliphatic carbocycles. The van der Waals surface area contributed by atoms with Gasteiger partial charge in [0.1, 0.15) is 0 Å². The van der Waals surface area contributed by atoms with Gasteiger partial charge in [-0.1, -0.05) is 0 Å². The van der Waals surface area contributed by atoms with E-state index < -0.39 is 0 Å². The molecule has 6 heteroatoms. The number of benzene rings is 1. The normalized spacial score (nSPS) is 14.3. The molecule has 108 valence electrons. The van der Waals surface area contributed by atoms with Gasteiger partial charge in [0.05, 0.1) is 0 Å². The maximum atomic E-state index is 11.9. The van der Waals surface area contributed by atoms with E-state index >= 15 is 0 Å². The SMILES string of the molecule is Nc1cc(C(=O)NCCC(=O)N2CCCC2)ccc1Br. The molecule has 5 nitrogen and oxygen atoms in total. The Morgan fingerprint density at radius 2 is 2.00 bits per heavy atom. The second-order valence-electron chi connectivity index (χ2n) is 4.83. The minimum Gasteiger partial charge on any atom is -0.398 e. The summed E-state index contributed by atoms with van der Waals surface area (Å²) in [6.45, 7) is 2.04. The summed E-state index contributed by atoms with van der Waals surface area (Å²) in [5.74, 6) is -0.100. The van der Waals surface area contributed by atoms with Gasteiger partial charge >= 0.3 is 0 Å². The summed E-state index contributed by atoms with van der Waals surface area (Å²) >= 11 is 3.28. The maximum absolute atomic E-state index is 11.9. The van der Waals surface area contributed by atoms with Crippen LogP contribution in [0.3, 0.4) is 0 Å². The molecule has 1 aliphatic rings. The quantitative estimate of drug-likeness (QED) is 0.821. The third kappa shape index (κ3) is 3.72. The highest BCUT2D eigenvalue weighted by molar-refractivity contribution is 9.10. The molecule has 0 spiro atoms. The number of nitrogens with zero attached hydrogens (tertiary/aromatic N) is 1. The van der Waals surface area contributed by atoms with Crippen molar-refractivity contribution in [1.82, 2.24) is 10.2 Å². The highest BCUT2D eigenvalue weighted by Crippen LogP contribution is 2.20. The molecule has 0 saturated carbocycles. The molecule has 1 aromatic rings. The van der Waals surface area contributed by atoms with E-state index in [2.05, 4.69) is 21.2 Å². The average molecular weight is 340 g/mol. The van der Waals surface area contributed by atoms with Gasteiger partial charge in [0.15, 0.2) is 0 Å². The van der Waals surface area contributed by atoms with Crippen molar-refractivity contribution in [2.45, 2.75) is 19.3 Å². The number of amides is 2. The van der Waals surface area contributed by atoms with Gasteiger partial charge in [-0.05, 0) is 47.0 Å². The van der Waals surface area contributed by atoms with Crippen LogP contribution < -0.4 is 11.1 Å². The summed E-state index contributed by atoms with van der Waals surface area (Å²) in [6.07, 6.45) is 2.50. The van der Waals surface area contributed by atoms with Gasteiger partial charge in [0.2, 0.25) is 5.91 Å². The number of hydrogen-bond donors (Lipinski definition) is 2. The van der Waals surface area contributed by atoms with Crippen LogP contribution in [-0.4, -0.2) is 36.3 Å². The number of nitrogens with two attached hydrogens (primary N) is 1. The first-order valence-corrected chi connectivity index (χ1v) is 7.48.